The number of nitrogens with one attached hydrogen (secondary N) is 1. The van der Waals surface area contributed by atoms with E-state index in [1.807, 2.05) is 60.0 Å². The first-order chi connectivity index (χ1) is 13.1. The van der Waals surface area contributed by atoms with Crippen molar-refractivity contribution in [3.05, 3.63) is 59.1 Å². The van der Waals surface area contributed by atoms with Crippen molar-refractivity contribution in [1.29, 1.82) is 0 Å². The lowest BCUT2D eigenvalue weighted by Crippen LogP contribution is -2.14. The van der Waals surface area contributed by atoms with Crippen LogP contribution in [-0.4, -0.2) is 26.4 Å². The molecule has 1 amide bonds. The predicted molar refractivity (Wildman–Crippen MR) is 111 cm³/mol. The van der Waals surface area contributed by atoms with E-state index in [2.05, 4.69) is 22.4 Å². The van der Waals surface area contributed by atoms with Gasteiger partial charge in [0.25, 0.3) is 0 Å². The number of aromatic nitrogens is 3. The molecular formula is C20H21ClN4OS. The number of carbonyl (C=O) groups is 1. The number of rotatable bonds is 7. The second kappa shape index (κ2) is 9.06. The van der Waals surface area contributed by atoms with Gasteiger partial charge in [-0.3, -0.25) is 4.79 Å². The summed E-state index contributed by atoms with van der Waals surface area (Å²) in [6.45, 7) is 4.83. The van der Waals surface area contributed by atoms with E-state index in [4.69, 9.17) is 11.6 Å². The van der Waals surface area contributed by atoms with Gasteiger partial charge in [0, 0.05) is 22.8 Å². The third kappa shape index (κ3) is 4.90. The zero-order valence-electron chi connectivity index (χ0n) is 15.3. The number of nitrogens with zero attached hydrogens (tertiary/aromatic N) is 3. The molecule has 140 valence electrons. The van der Waals surface area contributed by atoms with Crippen LogP contribution in [0.2, 0.25) is 5.02 Å². The van der Waals surface area contributed by atoms with Gasteiger partial charge in [-0.05, 0) is 43.2 Å². The number of amides is 1. The highest BCUT2D eigenvalue weighted by Crippen LogP contribution is 2.26. The zero-order valence-corrected chi connectivity index (χ0v) is 16.8. The Hall–Kier alpha value is -2.31. The third-order valence-corrected chi connectivity index (χ3v) is 5.30. The molecule has 3 rings (SSSR count). The highest BCUT2D eigenvalue weighted by atomic mass is 35.5. The molecule has 1 heterocycles. The minimum atomic E-state index is -0.0702. The van der Waals surface area contributed by atoms with E-state index in [1.54, 1.807) is 0 Å². The van der Waals surface area contributed by atoms with Crippen molar-refractivity contribution in [2.24, 2.45) is 0 Å². The van der Waals surface area contributed by atoms with Crippen LogP contribution in [0.1, 0.15) is 19.4 Å². The van der Waals surface area contributed by atoms with Crippen molar-refractivity contribution in [2.45, 2.75) is 32.0 Å². The topological polar surface area (TPSA) is 59.8 Å². The molecule has 1 aromatic heterocycles. The largest absolute Gasteiger partial charge is 0.325 e. The minimum Gasteiger partial charge on any atom is -0.325 e. The van der Waals surface area contributed by atoms with Crippen LogP contribution in [0.15, 0.2) is 53.7 Å². The summed E-state index contributed by atoms with van der Waals surface area (Å²) in [6, 6.07) is 15.4. The quantitative estimate of drug-likeness (QED) is 0.572. The van der Waals surface area contributed by atoms with Crippen LogP contribution >= 0.6 is 23.4 Å². The second-order valence-corrected chi connectivity index (χ2v) is 7.33. The van der Waals surface area contributed by atoms with Crippen LogP contribution in [0.25, 0.3) is 11.4 Å². The molecule has 0 saturated carbocycles. The number of aryl methyl sites for hydroxylation is 1. The van der Waals surface area contributed by atoms with Crippen LogP contribution in [0.5, 0.6) is 0 Å². The molecule has 27 heavy (non-hydrogen) atoms. The summed E-state index contributed by atoms with van der Waals surface area (Å²) in [6.07, 6.45) is 0.978. The predicted octanol–water partition coefficient (Wildman–Crippen LogP) is 4.91. The van der Waals surface area contributed by atoms with Gasteiger partial charge in [0.15, 0.2) is 11.0 Å². The summed E-state index contributed by atoms with van der Waals surface area (Å²) < 4.78 is 1.99. The van der Waals surface area contributed by atoms with E-state index in [1.165, 1.54) is 17.3 Å². The number of thioether (sulfide) groups is 1. The van der Waals surface area contributed by atoms with Gasteiger partial charge in [-0.25, -0.2) is 0 Å². The first-order valence-corrected chi connectivity index (χ1v) is 10.2. The van der Waals surface area contributed by atoms with E-state index in [9.17, 15) is 4.79 Å². The average molecular weight is 401 g/mol. The summed E-state index contributed by atoms with van der Waals surface area (Å²) >= 11 is 7.45. The highest BCUT2D eigenvalue weighted by Gasteiger charge is 2.15. The van der Waals surface area contributed by atoms with Gasteiger partial charge >= 0.3 is 0 Å². The molecule has 0 saturated heterocycles. The molecule has 0 bridgehead atoms. The van der Waals surface area contributed by atoms with Gasteiger partial charge in [-0.2, -0.15) is 0 Å². The first-order valence-electron chi connectivity index (χ1n) is 8.81. The van der Waals surface area contributed by atoms with E-state index in [0.29, 0.717) is 16.7 Å². The Morgan fingerprint density at radius 3 is 2.59 bits per heavy atom. The Bertz CT molecular complexity index is 924. The molecule has 0 aliphatic heterocycles. The third-order valence-electron chi connectivity index (χ3n) is 4.09. The lowest BCUT2D eigenvalue weighted by Gasteiger charge is -2.08. The van der Waals surface area contributed by atoms with Gasteiger partial charge in [-0.1, -0.05) is 54.6 Å². The van der Waals surface area contributed by atoms with Crippen LogP contribution in [0.3, 0.4) is 0 Å². The Kier molecular flexibility index (Phi) is 6.53. The maximum Gasteiger partial charge on any atom is 0.234 e. The van der Waals surface area contributed by atoms with Crippen molar-refractivity contribution in [2.75, 3.05) is 11.1 Å². The number of hydrogen-bond acceptors (Lipinski definition) is 4. The summed E-state index contributed by atoms with van der Waals surface area (Å²) in [5, 5.41) is 12.8. The fraction of sp³-hybridized carbons (Fsp3) is 0.250. The van der Waals surface area contributed by atoms with Crippen LogP contribution in [0, 0.1) is 0 Å². The van der Waals surface area contributed by atoms with Gasteiger partial charge in [0.1, 0.15) is 0 Å². The van der Waals surface area contributed by atoms with Crippen molar-refractivity contribution in [1.82, 2.24) is 14.8 Å². The molecule has 0 spiro atoms. The maximum atomic E-state index is 12.3. The smallest absolute Gasteiger partial charge is 0.234 e. The van der Waals surface area contributed by atoms with E-state index >= 15 is 0 Å². The molecule has 0 fully saturated rings. The highest BCUT2D eigenvalue weighted by molar-refractivity contribution is 7.99. The summed E-state index contributed by atoms with van der Waals surface area (Å²) in [5.74, 6) is 0.945. The molecule has 0 radical (unpaired) electrons. The number of halogens is 1. The molecule has 0 aliphatic rings. The molecule has 7 heteroatoms. The number of hydrogen-bond donors (Lipinski definition) is 1. The van der Waals surface area contributed by atoms with Gasteiger partial charge in [0.05, 0.1) is 5.75 Å². The molecule has 0 atom stereocenters. The molecule has 2 aromatic carbocycles. The number of carbonyl (C=O) groups excluding carboxylic acids is 1. The van der Waals surface area contributed by atoms with Gasteiger partial charge in [-0.15, -0.1) is 10.2 Å². The fourth-order valence-corrected chi connectivity index (χ4v) is 3.67. The molecule has 3 aromatic rings. The number of benzene rings is 2. The van der Waals surface area contributed by atoms with Crippen molar-refractivity contribution >= 4 is 35.0 Å². The van der Waals surface area contributed by atoms with Crippen molar-refractivity contribution in [3.63, 3.8) is 0 Å². The standard InChI is InChI=1S/C20H21ClN4OS/c1-3-14-8-10-17(11-9-14)22-18(26)13-27-20-24-23-19(25(20)4-2)15-6-5-7-16(21)12-15/h5-12H,3-4,13H2,1-2H3,(H,22,26). The van der Waals surface area contributed by atoms with Crippen LogP contribution in [0.4, 0.5) is 5.69 Å². The lowest BCUT2D eigenvalue weighted by molar-refractivity contribution is -0.113. The maximum absolute atomic E-state index is 12.3. The average Bonchev–Trinajstić information content (AvgIpc) is 3.10. The fourth-order valence-electron chi connectivity index (χ4n) is 2.67. The summed E-state index contributed by atoms with van der Waals surface area (Å²) in [4.78, 5) is 12.3. The lowest BCUT2D eigenvalue weighted by atomic mass is 10.1. The normalized spacial score (nSPS) is 10.8. The Morgan fingerprint density at radius 1 is 1.15 bits per heavy atom. The second-order valence-electron chi connectivity index (χ2n) is 5.95. The monoisotopic (exact) mass is 400 g/mol. The van der Waals surface area contributed by atoms with Crippen molar-refractivity contribution in [3.8, 4) is 11.4 Å². The Labute approximate surface area is 168 Å². The van der Waals surface area contributed by atoms with Gasteiger partial charge in [0.2, 0.25) is 5.91 Å². The molecular weight excluding hydrogens is 380 g/mol. The van der Waals surface area contributed by atoms with Crippen molar-refractivity contribution < 1.29 is 4.79 Å². The first kappa shape index (κ1) is 19.5. The van der Waals surface area contributed by atoms with E-state index in [-0.39, 0.29) is 11.7 Å². The SMILES string of the molecule is CCc1ccc(NC(=O)CSc2nnc(-c3cccc(Cl)c3)n2CC)cc1. The summed E-state index contributed by atoms with van der Waals surface area (Å²) in [7, 11) is 0. The molecule has 1 N–H and O–H groups in total. The summed E-state index contributed by atoms with van der Waals surface area (Å²) in [5.41, 5.74) is 2.95. The Morgan fingerprint density at radius 2 is 1.93 bits per heavy atom. The number of anilines is 1. The van der Waals surface area contributed by atoms with Crippen LogP contribution < -0.4 is 5.32 Å². The minimum absolute atomic E-state index is 0.0702. The molecule has 0 unspecified atom stereocenters. The van der Waals surface area contributed by atoms with E-state index < -0.39 is 0 Å². The molecule has 0 aliphatic carbocycles. The zero-order chi connectivity index (χ0) is 19.2. The molecule has 5 nitrogen and oxygen atoms in total. The van der Waals surface area contributed by atoms with Gasteiger partial charge < -0.3 is 9.88 Å². The van der Waals surface area contributed by atoms with E-state index in [0.717, 1.165) is 23.5 Å². The Balaban J connectivity index is 1.66. The van der Waals surface area contributed by atoms with Crippen LogP contribution in [-0.2, 0) is 17.8 Å².